The Morgan fingerprint density at radius 1 is 1.35 bits per heavy atom. The molecule has 0 spiro atoms. The molecule has 0 aliphatic carbocycles. The Labute approximate surface area is 109 Å². The van der Waals surface area contributed by atoms with Crippen molar-refractivity contribution >= 4 is 24.0 Å². The van der Waals surface area contributed by atoms with E-state index >= 15 is 0 Å². The number of aryl methyl sites for hydroxylation is 1. The molecule has 94 valence electrons. The van der Waals surface area contributed by atoms with Crippen molar-refractivity contribution in [3.05, 3.63) is 29.8 Å². The quantitative estimate of drug-likeness (QED) is 0.877. The van der Waals surface area contributed by atoms with E-state index in [0.29, 0.717) is 0 Å². The Hall–Kier alpha value is -1.06. The van der Waals surface area contributed by atoms with Crippen LogP contribution >= 0.6 is 12.4 Å². The number of rotatable bonds is 2. The number of amides is 1. The van der Waals surface area contributed by atoms with Crippen molar-refractivity contribution in [3.63, 3.8) is 0 Å². The Morgan fingerprint density at radius 2 is 2.00 bits per heavy atom. The molecule has 1 aromatic rings. The van der Waals surface area contributed by atoms with Crippen LogP contribution in [0.2, 0.25) is 0 Å². The third kappa shape index (κ3) is 3.20. The molecular formula is C13H19ClN2O. The molecule has 1 fully saturated rings. The minimum Gasteiger partial charge on any atom is -0.314 e. The molecule has 17 heavy (non-hydrogen) atoms. The number of carbonyl (C=O) groups excluding carboxylic acids is 1. The predicted molar refractivity (Wildman–Crippen MR) is 72.9 cm³/mol. The zero-order valence-corrected chi connectivity index (χ0v) is 11.1. The van der Waals surface area contributed by atoms with Crippen LogP contribution in [0.3, 0.4) is 0 Å². The van der Waals surface area contributed by atoms with Crippen LogP contribution in [-0.4, -0.2) is 25.5 Å². The van der Waals surface area contributed by atoms with Crippen LogP contribution < -0.4 is 10.2 Å². The number of nitrogens with zero attached hydrogens (tertiary/aromatic N) is 1. The van der Waals surface area contributed by atoms with Gasteiger partial charge in [-0.25, -0.2) is 0 Å². The van der Waals surface area contributed by atoms with Gasteiger partial charge in [0.05, 0.1) is 6.04 Å². The molecule has 0 saturated carbocycles. The highest BCUT2D eigenvalue weighted by atomic mass is 35.5. The van der Waals surface area contributed by atoms with Gasteiger partial charge in [0.1, 0.15) is 0 Å². The second-order valence-corrected chi connectivity index (χ2v) is 4.38. The molecule has 1 saturated heterocycles. The van der Waals surface area contributed by atoms with Crippen molar-refractivity contribution in [2.75, 3.05) is 18.5 Å². The summed E-state index contributed by atoms with van der Waals surface area (Å²) in [6.07, 6.45) is 2.05. The monoisotopic (exact) mass is 254 g/mol. The fourth-order valence-corrected chi connectivity index (χ4v) is 2.02. The Morgan fingerprint density at radius 3 is 2.53 bits per heavy atom. The topological polar surface area (TPSA) is 32.3 Å². The summed E-state index contributed by atoms with van der Waals surface area (Å²) in [5.41, 5.74) is 2.17. The zero-order valence-electron chi connectivity index (χ0n) is 10.3. The number of carbonyl (C=O) groups is 1. The van der Waals surface area contributed by atoms with E-state index in [2.05, 4.69) is 5.32 Å². The Kier molecular flexibility index (Phi) is 4.97. The SMILES string of the molecule is Cc1ccc(N(C)C(=O)C2CCCN2)cc1.Cl. The second kappa shape index (κ2) is 6.03. The molecule has 1 aromatic carbocycles. The van der Waals surface area contributed by atoms with Gasteiger partial charge in [0.15, 0.2) is 0 Å². The lowest BCUT2D eigenvalue weighted by Crippen LogP contribution is -2.41. The predicted octanol–water partition coefficient (Wildman–Crippen LogP) is 2.13. The highest BCUT2D eigenvalue weighted by molar-refractivity contribution is 5.96. The van der Waals surface area contributed by atoms with Crippen molar-refractivity contribution < 1.29 is 4.79 Å². The van der Waals surface area contributed by atoms with E-state index in [1.54, 1.807) is 4.90 Å². The van der Waals surface area contributed by atoms with E-state index in [4.69, 9.17) is 0 Å². The molecule has 1 amide bonds. The lowest BCUT2D eigenvalue weighted by molar-refractivity contribution is -0.119. The lowest BCUT2D eigenvalue weighted by atomic mass is 10.1. The first kappa shape index (κ1) is 14.0. The molecule has 1 atom stereocenters. The van der Waals surface area contributed by atoms with Crippen LogP contribution in [0, 0.1) is 6.92 Å². The molecule has 1 aliphatic rings. The van der Waals surface area contributed by atoms with Crippen LogP contribution in [0.25, 0.3) is 0 Å². The normalized spacial score (nSPS) is 18.6. The van der Waals surface area contributed by atoms with E-state index in [9.17, 15) is 4.79 Å². The van der Waals surface area contributed by atoms with E-state index in [1.165, 1.54) is 5.56 Å². The minimum absolute atomic E-state index is 0. The summed E-state index contributed by atoms with van der Waals surface area (Å²) < 4.78 is 0. The van der Waals surface area contributed by atoms with Crippen molar-refractivity contribution in [2.24, 2.45) is 0 Å². The minimum atomic E-state index is 0. The summed E-state index contributed by atoms with van der Waals surface area (Å²) in [6, 6.07) is 8.04. The molecule has 1 N–H and O–H groups in total. The van der Waals surface area contributed by atoms with Gasteiger partial charge in [-0.05, 0) is 38.4 Å². The molecule has 0 aromatic heterocycles. The van der Waals surface area contributed by atoms with Crippen LogP contribution in [0.5, 0.6) is 0 Å². The number of anilines is 1. The van der Waals surface area contributed by atoms with Gasteiger partial charge in [-0.1, -0.05) is 17.7 Å². The first-order chi connectivity index (χ1) is 7.68. The molecule has 3 nitrogen and oxygen atoms in total. The Balaban J connectivity index is 0.00000144. The largest absolute Gasteiger partial charge is 0.314 e. The van der Waals surface area contributed by atoms with E-state index < -0.39 is 0 Å². The molecule has 0 radical (unpaired) electrons. The molecular weight excluding hydrogens is 236 g/mol. The summed E-state index contributed by atoms with van der Waals surface area (Å²) in [5.74, 6) is 0.168. The van der Waals surface area contributed by atoms with Crippen molar-refractivity contribution in [1.29, 1.82) is 0 Å². The number of hydrogen-bond donors (Lipinski definition) is 1. The molecule has 1 aliphatic heterocycles. The average molecular weight is 255 g/mol. The van der Waals surface area contributed by atoms with Crippen molar-refractivity contribution in [2.45, 2.75) is 25.8 Å². The maximum atomic E-state index is 12.1. The van der Waals surface area contributed by atoms with Gasteiger partial charge in [-0.15, -0.1) is 12.4 Å². The molecule has 4 heteroatoms. The third-order valence-electron chi connectivity index (χ3n) is 3.11. The van der Waals surface area contributed by atoms with E-state index in [1.807, 2.05) is 38.2 Å². The van der Waals surface area contributed by atoms with Gasteiger partial charge < -0.3 is 10.2 Å². The average Bonchev–Trinajstić information content (AvgIpc) is 2.81. The van der Waals surface area contributed by atoms with Gasteiger partial charge >= 0.3 is 0 Å². The number of halogens is 1. The summed E-state index contributed by atoms with van der Waals surface area (Å²) in [6.45, 7) is 3.00. The van der Waals surface area contributed by atoms with Gasteiger partial charge in [0.25, 0.3) is 0 Å². The molecule has 2 rings (SSSR count). The molecule has 1 heterocycles. The van der Waals surface area contributed by atoms with Crippen LogP contribution in [-0.2, 0) is 4.79 Å². The fourth-order valence-electron chi connectivity index (χ4n) is 2.02. The number of benzene rings is 1. The highest BCUT2D eigenvalue weighted by Gasteiger charge is 2.25. The lowest BCUT2D eigenvalue weighted by Gasteiger charge is -2.21. The van der Waals surface area contributed by atoms with E-state index in [0.717, 1.165) is 25.1 Å². The summed E-state index contributed by atoms with van der Waals surface area (Å²) in [4.78, 5) is 13.8. The van der Waals surface area contributed by atoms with Crippen LogP contribution in [0.15, 0.2) is 24.3 Å². The first-order valence-corrected chi connectivity index (χ1v) is 5.76. The van der Waals surface area contributed by atoms with Crippen molar-refractivity contribution in [3.8, 4) is 0 Å². The number of likely N-dealkylation sites (N-methyl/N-ethyl adjacent to an activating group) is 1. The first-order valence-electron chi connectivity index (χ1n) is 5.76. The van der Waals surface area contributed by atoms with Crippen LogP contribution in [0.1, 0.15) is 18.4 Å². The second-order valence-electron chi connectivity index (χ2n) is 4.38. The fraction of sp³-hybridized carbons (Fsp3) is 0.462. The van der Waals surface area contributed by atoms with Gasteiger partial charge in [0.2, 0.25) is 5.91 Å². The summed E-state index contributed by atoms with van der Waals surface area (Å²) >= 11 is 0. The van der Waals surface area contributed by atoms with Gasteiger partial charge in [-0.3, -0.25) is 4.79 Å². The standard InChI is InChI=1S/C13H18N2O.ClH/c1-10-5-7-11(8-6-10)15(2)13(16)12-4-3-9-14-12;/h5-8,12,14H,3-4,9H2,1-2H3;1H. The summed E-state index contributed by atoms with van der Waals surface area (Å²) in [5, 5.41) is 3.23. The van der Waals surface area contributed by atoms with Crippen LogP contribution in [0.4, 0.5) is 5.69 Å². The smallest absolute Gasteiger partial charge is 0.243 e. The Bertz CT molecular complexity index is 372. The molecule has 0 bridgehead atoms. The number of hydrogen-bond acceptors (Lipinski definition) is 2. The highest BCUT2D eigenvalue weighted by Crippen LogP contribution is 2.16. The van der Waals surface area contributed by atoms with E-state index in [-0.39, 0.29) is 24.4 Å². The molecule has 1 unspecified atom stereocenters. The van der Waals surface area contributed by atoms with Gasteiger partial charge in [0, 0.05) is 12.7 Å². The van der Waals surface area contributed by atoms with Crippen molar-refractivity contribution in [1.82, 2.24) is 5.32 Å². The maximum Gasteiger partial charge on any atom is 0.243 e. The third-order valence-corrected chi connectivity index (χ3v) is 3.11. The zero-order chi connectivity index (χ0) is 11.5. The maximum absolute atomic E-state index is 12.1. The summed E-state index contributed by atoms with van der Waals surface area (Å²) in [7, 11) is 1.84. The van der Waals surface area contributed by atoms with Gasteiger partial charge in [-0.2, -0.15) is 0 Å². The number of nitrogens with one attached hydrogen (secondary N) is 1.